The van der Waals surface area contributed by atoms with Crippen LogP contribution >= 0.6 is 0 Å². The van der Waals surface area contributed by atoms with E-state index in [1.54, 1.807) is 0 Å². The molecule has 0 aliphatic heterocycles. The molecule has 0 unspecified atom stereocenters. The number of anilines is 2. The lowest BCUT2D eigenvalue weighted by Crippen LogP contribution is -2.35. The molecule has 6 nitrogen and oxygen atoms in total. The maximum Gasteiger partial charge on any atom is 0.158 e. The number of nitrogens with one attached hydrogen (secondary N) is 2. The van der Waals surface area contributed by atoms with Gasteiger partial charge in [-0.15, -0.1) is 0 Å². The molecule has 0 radical (unpaired) electrons. The van der Waals surface area contributed by atoms with Gasteiger partial charge in [0.15, 0.2) is 5.82 Å². The van der Waals surface area contributed by atoms with Crippen molar-refractivity contribution in [2.75, 3.05) is 30.8 Å². The van der Waals surface area contributed by atoms with Gasteiger partial charge in [-0.3, -0.25) is 0 Å². The van der Waals surface area contributed by atoms with E-state index < -0.39 is 5.60 Å². The molecule has 1 aromatic rings. The van der Waals surface area contributed by atoms with Crippen molar-refractivity contribution in [3.05, 3.63) is 11.9 Å². The van der Waals surface area contributed by atoms with Crippen molar-refractivity contribution in [1.29, 1.82) is 0 Å². The lowest BCUT2D eigenvalue weighted by molar-refractivity contribution is 0.0456. The molecule has 0 bridgehead atoms. The summed E-state index contributed by atoms with van der Waals surface area (Å²) >= 11 is 0. The van der Waals surface area contributed by atoms with Crippen LogP contribution in [0.1, 0.15) is 39.4 Å². The van der Waals surface area contributed by atoms with Crippen LogP contribution in [0.3, 0.4) is 0 Å². The smallest absolute Gasteiger partial charge is 0.158 e. The Bertz CT molecular complexity index is 408. The summed E-state index contributed by atoms with van der Waals surface area (Å²) in [7, 11) is 1.81. The fourth-order valence-corrected chi connectivity index (χ4v) is 1.73. The summed E-state index contributed by atoms with van der Waals surface area (Å²) in [5.41, 5.74) is -0.704. The van der Waals surface area contributed by atoms with Crippen LogP contribution in [0.4, 0.5) is 11.6 Å². The first-order valence-corrected chi connectivity index (χ1v) is 7.16. The molecule has 1 rings (SSSR count). The van der Waals surface area contributed by atoms with Gasteiger partial charge in [0.05, 0.1) is 5.60 Å². The van der Waals surface area contributed by atoms with E-state index in [1.807, 2.05) is 33.9 Å². The van der Waals surface area contributed by atoms with Gasteiger partial charge in [0.2, 0.25) is 0 Å². The predicted octanol–water partition coefficient (Wildman–Crippen LogP) is 2.02. The average molecular weight is 282 g/mol. The normalized spacial score (nSPS) is 11.4. The summed E-state index contributed by atoms with van der Waals surface area (Å²) in [6, 6.07) is 1.82. The summed E-state index contributed by atoms with van der Waals surface area (Å²) < 4.78 is 5.33. The van der Waals surface area contributed by atoms with E-state index in [1.165, 1.54) is 0 Å². The summed E-state index contributed by atoms with van der Waals surface area (Å²) in [5, 5.41) is 16.5. The van der Waals surface area contributed by atoms with Gasteiger partial charge in [-0.05, 0) is 19.8 Å². The Morgan fingerprint density at radius 3 is 2.40 bits per heavy atom. The van der Waals surface area contributed by atoms with Gasteiger partial charge in [0.25, 0.3) is 0 Å². The van der Waals surface area contributed by atoms with E-state index in [0.717, 1.165) is 5.82 Å². The highest BCUT2D eigenvalue weighted by atomic mass is 16.5. The molecule has 0 spiro atoms. The third kappa shape index (κ3) is 4.94. The highest BCUT2D eigenvalue weighted by Crippen LogP contribution is 2.17. The fourth-order valence-electron chi connectivity index (χ4n) is 1.73. The van der Waals surface area contributed by atoms with Crippen LogP contribution in [0.5, 0.6) is 0 Å². The number of hydrogen-bond donors (Lipinski definition) is 3. The molecule has 1 heterocycles. The van der Waals surface area contributed by atoms with Gasteiger partial charge < -0.3 is 20.5 Å². The second kappa shape index (κ2) is 8.01. The number of nitrogens with zero attached hydrogens (tertiary/aromatic N) is 2. The molecule has 0 aromatic carbocycles. The minimum atomic E-state index is -0.704. The van der Waals surface area contributed by atoms with Crippen LogP contribution in [0.15, 0.2) is 6.07 Å². The van der Waals surface area contributed by atoms with Crippen LogP contribution in [0.25, 0.3) is 0 Å². The van der Waals surface area contributed by atoms with Gasteiger partial charge in [0, 0.05) is 26.3 Å². The molecule has 6 heteroatoms. The monoisotopic (exact) mass is 282 g/mol. The number of rotatable bonds is 9. The molecule has 20 heavy (non-hydrogen) atoms. The summed E-state index contributed by atoms with van der Waals surface area (Å²) in [4.78, 5) is 8.72. The van der Waals surface area contributed by atoms with E-state index in [9.17, 15) is 5.11 Å². The maximum atomic E-state index is 10.3. The summed E-state index contributed by atoms with van der Waals surface area (Å²) in [6.07, 6.45) is 1.40. The molecule has 0 aliphatic carbocycles. The molecule has 0 saturated carbocycles. The van der Waals surface area contributed by atoms with Crippen molar-refractivity contribution in [3.8, 4) is 0 Å². The zero-order chi connectivity index (χ0) is 15.0. The van der Waals surface area contributed by atoms with Gasteiger partial charge in [0.1, 0.15) is 18.2 Å². The molecule has 0 fully saturated rings. The van der Waals surface area contributed by atoms with Crippen molar-refractivity contribution in [1.82, 2.24) is 9.97 Å². The number of aromatic nitrogens is 2. The van der Waals surface area contributed by atoms with E-state index in [-0.39, 0.29) is 0 Å². The summed E-state index contributed by atoms with van der Waals surface area (Å²) in [6.45, 7) is 7.36. The van der Waals surface area contributed by atoms with Gasteiger partial charge in [-0.25, -0.2) is 9.97 Å². The number of aliphatic hydroxyl groups is 1. The van der Waals surface area contributed by atoms with E-state index >= 15 is 0 Å². The van der Waals surface area contributed by atoms with Crippen LogP contribution in [-0.2, 0) is 11.3 Å². The highest BCUT2D eigenvalue weighted by Gasteiger charge is 2.22. The Hall–Kier alpha value is -1.40. The molecular formula is C14H26N4O2. The Morgan fingerprint density at radius 1 is 1.20 bits per heavy atom. The first kappa shape index (κ1) is 16.7. The Balaban J connectivity index is 2.77. The SMILES string of the molecule is CCOCc1nc(NC)cc(NCC(O)(CC)CC)n1. The molecule has 0 amide bonds. The maximum absolute atomic E-state index is 10.3. The number of hydrogen-bond acceptors (Lipinski definition) is 6. The molecule has 1 aromatic heterocycles. The van der Waals surface area contributed by atoms with Crippen LogP contribution < -0.4 is 10.6 Å². The molecule has 114 valence electrons. The standard InChI is InChI=1S/C14H26N4O2/c1-5-14(19,6-2)10-16-12-8-11(15-4)17-13(18-12)9-20-7-3/h8,19H,5-7,9-10H2,1-4H3,(H2,15,16,17,18). The van der Waals surface area contributed by atoms with E-state index in [4.69, 9.17) is 4.74 Å². The van der Waals surface area contributed by atoms with Gasteiger partial charge in [-0.2, -0.15) is 0 Å². The van der Waals surface area contributed by atoms with Crippen molar-refractivity contribution in [2.24, 2.45) is 0 Å². The van der Waals surface area contributed by atoms with Crippen molar-refractivity contribution < 1.29 is 9.84 Å². The van der Waals surface area contributed by atoms with Crippen molar-refractivity contribution in [3.63, 3.8) is 0 Å². The quantitative estimate of drug-likeness (QED) is 0.643. The third-order valence-electron chi connectivity index (χ3n) is 3.38. The lowest BCUT2D eigenvalue weighted by atomic mass is 9.98. The Labute approximate surface area is 121 Å². The van der Waals surface area contributed by atoms with Gasteiger partial charge in [-0.1, -0.05) is 13.8 Å². The summed E-state index contributed by atoms with van der Waals surface area (Å²) in [5.74, 6) is 2.05. The minimum absolute atomic E-state index is 0.381. The first-order valence-electron chi connectivity index (χ1n) is 7.16. The molecule has 3 N–H and O–H groups in total. The van der Waals surface area contributed by atoms with Crippen LogP contribution in [-0.4, -0.2) is 40.9 Å². The number of ether oxygens (including phenoxy) is 1. The third-order valence-corrected chi connectivity index (χ3v) is 3.38. The highest BCUT2D eigenvalue weighted by molar-refractivity contribution is 5.47. The molecule has 0 atom stereocenters. The minimum Gasteiger partial charge on any atom is -0.388 e. The van der Waals surface area contributed by atoms with Crippen molar-refractivity contribution in [2.45, 2.75) is 45.8 Å². The Kier molecular flexibility index (Phi) is 6.67. The van der Waals surface area contributed by atoms with Crippen LogP contribution in [0, 0.1) is 0 Å². The molecular weight excluding hydrogens is 256 g/mol. The lowest BCUT2D eigenvalue weighted by Gasteiger charge is -2.25. The predicted molar refractivity (Wildman–Crippen MR) is 80.9 cm³/mol. The molecule has 0 aliphatic rings. The second-order valence-electron chi connectivity index (χ2n) is 4.73. The first-order chi connectivity index (χ1) is 9.56. The average Bonchev–Trinajstić information content (AvgIpc) is 2.50. The topological polar surface area (TPSA) is 79.3 Å². The zero-order valence-electron chi connectivity index (χ0n) is 12.9. The van der Waals surface area contributed by atoms with Crippen LogP contribution in [0.2, 0.25) is 0 Å². The Morgan fingerprint density at radius 2 is 1.85 bits per heavy atom. The zero-order valence-corrected chi connectivity index (χ0v) is 12.9. The molecule has 0 saturated heterocycles. The fraction of sp³-hybridized carbons (Fsp3) is 0.714. The largest absolute Gasteiger partial charge is 0.388 e. The second-order valence-corrected chi connectivity index (χ2v) is 4.73. The van der Waals surface area contributed by atoms with Crippen molar-refractivity contribution >= 4 is 11.6 Å². The van der Waals surface area contributed by atoms with E-state index in [2.05, 4.69) is 20.6 Å². The van der Waals surface area contributed by atoms with E-state index in [0.29, 0.717) is 44.2 Å². The van der Waals surface area contributed by atoms with Gasteiger partial charge >= 0.3 is 0 Å².